The number of aromatic nitrogens is 3. The Morgan fingerprint density at radius 2 is 1.12 bits per heavy atom. The summed E-state index contributed by atoms with van der Waals surface area (Å²) in [7, 11) is 0. The van der Waals surface area contributed by atoms with Crippen molar-refractivity contribution in [2.75, 3.05) is 0 Å². The fraction of sp³-hybridized carbons (Fsp3) is 0. The number of benzene rings is 6. The van der Waals surface area contributed by atoms with E-state index in [4.69, 9.17) is 14.4 Å². The Kier molecular flexibility index (Phi) is 6.64. The molecule has 4 nitrogen and oxygen atoms in total. The van der Waals surface area contributed by atoms with Gasteiger partial charge in [0.2, 0.25) is 0 Å². The zero-order valence-electron chi connectivity index (χ0n) is 26.7. The molecule has 0 bridgehead atoms. The average molecular weight is 658 g/mol. The van der Waals surface area contributed by atoms with Crippen molar-refractivity contribution < 1.29 is 4.42 Å². The zero-order chi connectivity index (χ0) is 33.0. The summed E-state index contributed by atoms with van der Waals surface area (Å²) in [5.41, 5.74) is 10.3. The lowest BCUT2D eigenvalue weighted by atomic mass is 9.93. The lowest BCUT2D eigenvalue weighted by molar-refractivity contribution is 0.670. The molecule has 10 aromatic rings. The first-order chi connectivity index (χ1) is 24.8. The Labute approximate surface area is 292 Å². The van der Waals surface area contributed by atoms with E-state index in [1.165, 1.54) is 25.7 Å². The number of thiophene rings is 1. The van der Waals surface area contributed by atoms with E-state index >= 15 is 0 Å². The smallest absolute Gasteiger partial charge is 0.161 e. The van der Waals surface area contributed by atoms with Crippen molar-refractivity contribution in [3.63, 3.8) is 0 Å². The van der Waals surface area contributed by atoms with Crippen LogP contribution in [0.4, 0.5) is 0 Å². The molecule has 6 aromatic carbocycles. The summed E-state index contributed by atoms with van der Waals surface area (Å²) in [5.74, 6) is 0.630. The number of furan rings is 1. The lowest BCUT2D eigenvalue weighted by Gasteiger charge is -2.13. The number of rotatable bonds is 5. The second-order valence-corrected chi connectivity index (χ2v) is 13.4. The lowest BCUT2D eigenvalue weighted by Crippen LogP contribution is -1.98. The highest BCUT2D eigenvalue weighted by Crippen LogP contribution is 2.46. The van der Waals surface area contributed by atoms with Gasteiger partial charge in [-0.1, -0.05) is 115 Å². The molecular formula is C45H27N3OS. The van der Waals surface area contributed by atoms with Crippen molar-refractivity contribution in [2.24, 2.45) is 0 Å². The Bertz CT molecular complexity index is 2870. The summed E-state index contributed by atoms with van der Waals surface area (Å²) in [4.78, 5) is 15.1. The first-order valence-electron chi connectivity index (χ1n) is 16.6. The number of fused-ring (bicyclic) bond motifs is 6. The molecule has 0 atom stereocenters. The van der Waals surface area contributed by atoms with Crippen molar-refractivity contribution >= 4 is 53.4 Å². The third-order valence-electron chi connectivity index (χ3n) is 9.40. The molecule has 4 heterocycles. The van der Waals surface area contributed by atoms with Crippen LogP contribution in [0.15, 0.2) is 168 Å². The van der Waals surface area contributed by atoms with Crippen LogP contribution in [-0.2, 0) is 0 Å². The van der Waals surface area contributed by atoms with Gasteiger partial charge in [0, 0.05) is 59.4 Å². The van der Waals surface area contributed by atoms with Crippen LogP contribution in [0, 0.1) is 0 Å². The second-order valence-electron chi connectivity index (χ2n) is 12.3. The highest BCUT2D eigenvalue weighted by Gasteiger charge is 2.22. The van der Waals surface area contributed by atoms with Crippen molar-refractivity contribution in [1.29, 1.82) is 0 Å². The number of nitrogens with zero attached hydrogens (tertiary/aromatic N) is 3. The van der Waals surface area contributed by atoms with Gasteiger partial charge in [0.25, 0.3) is 0 Å². The monoisotopic (exact) mass is 657 g/mol. The van der Waals surface area contributed by atoms with E-state index < -0.39 is 0 Å². The average Bonchev–Trinajstić information content (AvgIpc) is 3.77. The van der Waals surface area contributed by atoms with Gasteiger partial charge >= 0.3 is 0 Å². The maximum Gasteiger partial charge on any atom is 0.161 e. The molecule has 0 unspecified atom stereocenters. The molecule has 0 amide bonds. The molecule has 0 aliphatic heterocycles. The summed E-state index contributed by atoms with van der Waals surface area (Å²) < 4.78 is 9.35. The number of para-hydroxylation sites is 1. The summed E-state index contributed by atoms with van der Waals surface area (Å²) in [6, 6.07) is 54.6. The van der Waals surface area contributed by atoms with Gasteiger partial charge in [0.1, 0.15) is 11.2 Å². The van der Waals surface area contributed by atoms with Gasteiger partial charge in [-0.05, 0) is 53.6 Å². The highest BCUT2D eigenvalue weighted by molar-refractivity contribution is 7.25. The van der Waals surface area contributed by atoms with Gasteiger partial charge in [-0.25, -0.2) is 9.97 Å². The number of pyridine rings is 1. The molecule has 0 saturated carbocycles. The highest BCUT2D eigenvalue weighted by atomic mass is 32.1. The third-order valence-corrected chi connectivity index (χ3v) is 10.5. The van der Waals surface area contributed by atoms with Crippen LogP contribution in [0.25, 0.3) is 98.4 Å². The maximum atomic E-state index is 6.80. The minimum atomic E-state index is 0.630. The molecule has 50 heavy (non-hydrogen) atoms. The van der Waals surface area contributed by atoms with Gasteiger partial charge in [-0.15, -0.1) is 11.3 Å². The first kappa shape index (κ1) is 28.6. The van der Waals surface area contributed by atoms with Crippen LogP contribution < -0.4 is 0 Å². The van der Waals surface area contributed by atoms with Crippen LogP contribution in [0.3, 0.4) is 0 Å². The Morgan fingerprint density at radius 1 is 0.440 bits per heavy atom. The number of hydrogen-bond donors (Lipinski definition) is 0. The summed E-state index contributed by atoms with van der Waals surface area (Å²) in [5, 5.41) is 4.70. The standard InChI is InChI=1S/C45H27N3OS/c1-2-13-28(14-3-1)37-27-38(48-45(47-37)32-16-5-4-15-29(32)36-20-10-11-26-46-36)33-25-24-31(43-34-17-6-8-21-39(34)49-44(33)43)30-19-12-23-41-42(30)35-18-7-9-22-40(35)50-41/h1-27H. The topological polar surface area (TPSA) is 51.8 Å². The van der Waals surface area contributed by atoms with E-state index in [1.807, 2.05) is 78.2 Å². The van der Waals surface area contributed by atoms with E-state index in [0.29, 0.717) is 5.82 Å². The van der Waals surface area contributed by atoms with Gasteiger partial charge in [-0.3, -0.25) is 4.98 Å². The summed E-state index contributed by atoms with van der Waals surface area (Å²) in [6.07, 6.45) is 1.82. The van der Waals surface area contributed by atoms with E-state index in [-0.39, 0.29) is 0 Å². The molecule has 0 spiro atoms. The fourth-order valence-electron chi connectivity index (χ4n) is 7.14. The minimum absolute atomic E-state index is 0.630. The number of hydrogen-bond acceptors (Lipinski definition) is 5. The Morgan fingerprint density at radius 3 is 2.00 bits per heavy atom. The molecular weight excluding hydrogens is 631 g/mol. The summed E-state index contributed by atoms with van der Waals surface area (Å²) >= 11 is 1.84. The largest absolute Gasteiger partial charge is 0.455 e. The first-order valence-corrected chi connectivity index (χ1v) is 17.4. The van der Waals surface area contributed by atoms with Crippen LogP contribution in [0.1, 0.15) is 0 Å². The molecule has 234 valence electrons. The molecule has 0 saturated heterocycles. The minimum Gasteiger partial charge on any atom is -0.455 e. The fourth-order valence-corrected chi connectivity index (χ4v) is 8.27. The summed E-state index contributed by atoms with van der Waals surface area (Å²) in [6.45, 7) is 0. The van der Waals surface area contributed by atoms with Gasteiger partial charge in [0.15, 0.2) is 5.82 Å². The molecule has 0 radical (unpaired) electrons. The predicted octanol–water partition coefficient (Wildman–Crippen LogP) is 12.5. The van der Waals surface area contributed by atoms with E-state index in [2.05, 4.69) is 102 Å². The molecule has 0 fully saturated rings. The van der Waals surface area contributed by atoms with Crippen molar-refractivity contribution in [3.05, 3.63) is 164 Å². The molecule has 10 rings (SSSR count). The van der Waals surface area contributed by atoms with Crippen LogP contribution in [-0.4, -0.2) is 15.0 Å². The van der Waals surface area contributed by atoms with Gasteiger partial charge in [0.05, 0.1) is 17.1 Å². The van der Waals surface area contributed by atoms with Gasteiger partial charge < -0.3 is 4.42 Å². The van der Waals surface area contributed by atoms with Crippen molar-refractivity contribution in [2.45, 2.75) is 0 Å². The normalized spacial score (nSPS) is 11.6. The molecule has 0 N–H and O–H groups in total. The van der Waals surface area contributed by atoms with Crippen LogP contribution in [0.5, 0.6) is 0 Å². The van der Waals surface area contributed by atoms with Crippen molar-refractivity contribution in [1.82, 2.24) is 15.0 Å². The Hall–Kier alpha value is -6.43. The van der Waals surface area contributed by atoms with Crippen LogP contribution >= 0.6 is 11.3 Å². The SMILES string of the molecule is c1ccc(-c2cc(-c3ccc(-c4cccc5sc6ccccc6c45)c4c3oc3ccccc34)nc(-c3ccccc3-c3ccccn3)n2)cc1. The maximum absolute atomic E-state index is 6.80. The quantitative estimate of drug-likeness (QED) is 0.185. The van der Waals surface area contributed by atoms with Crippen molar-refractivity contribution in [3.8, 4) is 56.3 Å². The molecule has 0 aliphatic rings. The molecule has 0 aliphatic carbocycles. The Balaban J connectivity index is 1.26. The molecule has 4 aromatic heterocycles. The predicted molar refractivity (Wildman–Crippen MR) is 207 cm³/mol. The van der Waals surface area contributed by atoms with E-state index in [0.717, 1.165) is 66.8 Å². The zero-order valence-corrected chi connectivity index (χ0v) is 27.6. The third kappa shape index (κ3) is 4.63. The van der Waals surface area contributed by atoms with Crippen LogP contribution in [0.2, 0.25) is 0 Å². The van der Waals surface area contributed by atoms with E-state index in [1.54, 1.807) is 0 Å². The molecule has 5 heteroatoms. The van der Waals surface area contributed by atoms with E-state index in [9.17, 15) is 0 Å². The van der Waals surface area contributed by atoms with Gasteiger partial charge in [-0.2, -0.15) is 0 Å². The second kappa shape index (κ2) is 11.6.